The summed E-state index contributed by atoms with van der Waals surface area (Å²) < 4.78 is 0. The number of anilines is 2. The lowest BCUT2D eigenvalue weighted by atomic mass is 9.72. The van der Waals surface area contributed by atoms with Crippen LogP contribution in [0.2, 0.25) is 0 Å². The van der Waals surface area contributed by atoms with Crippen LogP contribution in [0.1, 0.15) is 38.8 Å². The number of carbonyl (C=O) groups excluding carboxylic acids is 1. The number of Topliss-reactive ketones (excluding diaryl/α,β-unsaturated/α-hetero) is 1. The van der Waals surface area contributed by atoms with Crippen LogP contribution in [-0.2, 0) is 15.6 Å². The largest absolute Gasteiger partial charge is 0.361 e. The Hall–Kier alpha value is -2.55. The number of rotatable bonds is 1. The van der Waals surface area contributed by atoms with Crippen LogP contribution in [0.25, 0.3) is 0 Å². The number of nitrogens with zero attached hydrogens (tertiary/aromatic N) is 2. The number of fused-ring (bicyclic) bond motifs is 2. The molecule has 0 amide bonds. The van der Waals surface area contributed by atoms with E-state index in [0.717, 1.165) is 11.3 Å². The molecule has 1 unspecified atom stereocenters. The fraction of sp³-hybridized carbons (Fsp3) is 0.375. The van der Waals surface area contributed by atoms with Gasteiger partial charge >= 0.3 is 0 Å². The summed E-state index contributed by atoms with van der Waals surface area (Å²) in [4.78, 5) is 17.9. The van der Waals surface area contributed by atoms with Gasteiger partial charge in [0.05, 0.1) is 5.41 Å². The molecule has 0 fully saturated rings. The number of allylic oxidation sites excluding steroid dienone is 1. The first-order chi connectivity index (χ1) is 12.7. The first kappa shape index (κ1) is 17.8. The number of ketones is 1. The van der Waals surface area contributed by atoms with Crippen LogP contribution in [0.3, 0.4) is 0 Å². The predicted molar refractivity (Wildman–Crippen MR) is 113 cm³/mol. The standard InChI is InChI=1S/C24H28N2O/c1-23(2)16-11-7-10-14-19(16)26(6)21(23)15-20-22(27)24(3,4)17-12-8-9-13-18(17)25(20)5/h7-15,20H,1-6H3/b21-15-. The van der Waals surface area contributed by atoms with Crippen molar-refractivity contribution in [2.75, 3.05) is 23.9 Å². The molecule has 2 aliphatic heterocycles. The third-order valence-corrected chi connectivity index (χ3v) is 6.52. The van der Waals surface area contributed by atoms with Crippen molar-refractivity contribution in [1.82, 2.24) is 0 Å². The summed E-state index contributed by atoms with van der Waals surface area (Å²) in [5, 5.41) is 0. The van der Waals surface area contributed by atoms with Crippen LogP contribution in [0.4, 0.5) is 11.4 Å². The third-order valence-electron chi connectivity index (χ3n) is 6.52. The smallest absolute Gasteiger partial charge is 0.169 e. The molecule has 0 N–H and O–H groups in total. The average Bonchev–Trinajstić information content (AvgIpc) is 2.84. The maximum absolute atomic E-state index is 13.5. The quantitative estimate of drug-likeness (QED) is 0.739. The summed E-state index contributed by atoms with van der Waals surface area (Å²) in [6.45, 7) is 8.58. The fourth-order valence-corrected chi connectivity index (χ4v) is 4.78. The van der Waals surface area contributed by atoms with Gasteiger partial charge in [-0.05, 0) is 43.2 Å². The molecule has 0 aromatic heterocycles. The molecule has 0 spiro atoms. The van der Waals surface area contributed by atoms with E-state index in [2.05, 4.69) is 73.2 Å². The van der Waals surface area contributed by atoms with Crippen molar-refractivity contribution in [2.24, 2.45) is 0 Å². The Kier molecular flexibility index (Phi) is 3.78. The van der Waals surface area contributed by atoms with E-state index in [0.29, 0.717) is 0 Å². The van der Waals surface area contributed by atoms with Gasteiger partial charge in [-0.15, -0.1) is 0 Å². The Morgan fingerprint density at radius 1 is 0.815 bits per heavy atom. The molecule has 2 aromatic rings. The van der Waals surface area contributed by atoms with Crippen LogP contribution in [-0.4, -0.2) is 25.9 Å². The number of benzene rings is 2. The molecule has 0 bridgehead atoms. The highest BCUT2D eigenvalue weighted by Gasteiger charge is 2.45. The summed E-state index contributed by atoms with van der Waals surface area (Å²) in [7, 11) is 4.13. The molecule has 0 radical (unpaired) electrons. The maximum Gasteiger partial charge on any atom is 0.169 e. The zero-order chi connectivity index (χ0) is 19.6. The van der Waals surface area contributed by atoms with Crippen molar-refractivity contribution < 1.29 is 4.79 Å². The molecule has 3 nitrogen and oxygen atoms in total. The summed E-state index contributed by atoms with van der Waals surface area (Å²) in [5.41, 5.74) is 5.33. The van der Waals surface area contributed by atoms with Gasteiger partial charge in [0, 0.05) is 36.6 Å². The summed E-state index contributed by atoms with van der Waals surface area (Å²) in [6, 6.07) is 16.5. The lowest BCUT2D eigenvalue weighted by Gasteiger charge is -2.42. The molecule has 1 atom stereocenters. The summed E-state index contributed by atoms with van der Waals surface area (Å²) in [5.74, 6) is 0.247. The monoisotopic (exact) mass is 360 g/mol. The van der Waals surface area contributed by atoms with Crippen molar-refractivity contribution >= 4 is 17.2 Å². The highest BCUT2D eigenvalue weighted by molar-refractivity contribution is 6.01. The number of para-hydroxylation sites is 2. The highest BCUT2D eigenvalue weighted by atomic mass is 16.1. The predicted octanol–water partition coefficient (Wildman–Crippen LogP) is 4.66. The number of hydrogen-bond donors (Lipinski definition) is 0. The Labute approximate surface area is 162 Å². The first-order valence-electron chi connectivity index (χ1n) is 9.59. The Balaban J connectivity index is 1.84. The Morgan fingerprint density at radius 3 is 1.93 bits per heavy atom. The maximum atomic E-state index is 13.5. The van der Waals surface area contributed by atoms with Crippen molar-refractivity contribution in [3.8, 4) is 0 Å². The molecular formula is C24H28N2O. The molecule has 3 heteroatoms. The SMILES string of the molecule is CN1/C(=C\C2C(=O)C(C)(C)c3ccccc3N2C)C(C)(C)c2ccccc21. The molecule has 0 aliphatic carbocycles. The zero-order valence-corrected chi connectivity index (χ0v) is 17.1. The van der Waals surface area contributed by atoms with E-state index >= 15 is 0 Å². The van der Waals surface area contributed by atoms with E-state index in [1.165, 1.54) is 16.9 Å². The van der Waals surface area contributed by atoms with Crippen molar-refractivity contribution in [1.29, 1.82) is 0 Å². The summed E-state index contributed by atoms with van der Waals surface area (Å²) in [6.07, 6.45) is 2.18. The summed E-state index contributed by atoms with van der Waals surface area (Å²) >= 11 is 0. The van der Waals surface area contributed by atoms with E-state index in [9.17, 15) is 4.79 Å². The van der Waals surface area contributed by atoms with E-state index < -0.39 is 5.41 Å². The number of likely N-dealkylation sites (N-methyl/N-ethyl adjacent to an activating group) is 2. The molecule has 2 heterocycles. The van der Waals surface area contributed by atoms with Crippen LogP contribution in [0, 0.1) is 0 Å². The Morgan fingerprint density at radius 2 is 1.33 bits per heavy atom. The minimum absolute atomic E-state index is 0.131. The van der Waals surface area contributed by atoms with Gasteiger partial charge in [0.15, 0.2) is 5.78 Å². The van der Waals surface area contributed by atoms with Crippen LogP contribution in [0.15, 0.2) is 60.3 Å². The van der Waals surface area contributed by atoms with Gasteiger partial charge in [0.2, 0.25) is 0 Å². The van der Waals surface area contributed by atoms with Crippen LogP contribution < -0.4 is 9.80 Å². The van der Waals surface area contributed by atoms with Gasteiger partial charge in [-0.25, -0.2) is 0 Å². The highest BCUT2D eigenvalue weighted by Crippen LogP contribution is 2.48. The first-order valence-corrected chi connectivity index (χ1v) is 9.59. The topological polar surface area (TPSA) is 23.6 Å². The number of carbonyl (C=O) groups is 1. The number of hydrogen-bond acceptors (Lipinski definition) is 3. The zero-order valence-electron chi connectivity index (χ0n) is 17.1. The second kappa shape index (κ2) is 5.72. The van der Waals surface area contributed by atoms with E-state index in [1.807, 2.05) is 33.0 Å². The molecule has 4 rings (SSSR count). The molecule has 2 aliphatic rings. The van der Waals surface area contributed by atoms with Crippen molar-refractivity contribution in [3.05, 3.63) is 71.4 Å². The molecule has 0 saturated heterocycles. The van der Waals surface area contributed by atoms with E-state index in [-0.39, 0.29) is 17.2 Å². The third kappa shape index (κ3) is 2.37. The minimum atomic E-state index is -0.501. The van der Waals surface area contributed by atoms with Gasteiger partial charge < -0.3 is 9.80 Å². The van der Waals surface area contributed by atoms with E-state index in [4.69, 9.17) is 0 Å². The molecular weight excluding hydrogens is 332 g/mol. The second-order valence-corrected chi connectivity index (χ2v) is 8.82. The van der Waals surface area contributed by atoms with Gasteiger partial charge in [-0.1, -0.05) is 50.2 Å². The molecule has 27 heavy (non-hydrogen) atoms. The van der Waals surface area contributed by atoms with Gasteiger partial charge in [0.1, 0.15) is 6.04 Å². The van der Waals surface area contributed by atoms with Crippen LogP contribution in [0.5, 0.6) is 0 Å². The van der Waals surface area contributed by atoms with Gasteiger partial charge in [-0.2, -0.15) is 0 Å². The molecule has 2 aromatic carbocycles. The lowest BCUT2D eigenvalue weighted by molar-refractivity contribution is -0.124. The van der Waals surface area contributed by atoms with Gasteiger partial charge in [0.25, 0.3) is 0 Å². The normalized spacial score (nSPS) is 24.1. The minimum Gasteiger partial charge on any atom is -0.361 e. The van der Waals surface area contributed by atoms with E-state index in [1.54, 1.807) is 0 Å². The van der Waals surface area contributed by atoms with Crippen molar-refractivity contribution in [3.63, 3.8) is 0 Å². The molecule has 0 saturated carbocycles. The second-order valence-electron chi connectivity index (χ2n) is 8.82. The Bertz CT molecular complexity index is 954. The fourth-order valence-electron chi connectivity index (χ4n) is 4.78. The average molecular weight is 361 g/mol. The van der Waals surface area contributed by atoms with Crippen LogP contribution >= 0.6 is 0 Å². The van der Waals surface area contributed by atoms with Crippen molar-refractivity contribution in [2.45, 2.75) is 44.6 Å². The molecule has 140 valence electrons. The lowest BCUT2D eigenvalue weighted by Crippen LogP contribution is -2.51. The van der Waals surface area contributed by atoms with Gasteiger partial charge in [-0.3, -0.25) is 4.79 Å².